The molecule has 0 N–H and O–H groups in total. The number of carbonyl (C=O) groups is 2. The standard InChI is InChI=1S/C9H10O3S/c1-3-12-9(11)8(10)7-5-4-6(2)13-7/h4-5H,3H2,1-2H3. The summed E-state index contributed by atoms with van der Waals surface area (Å²) in [6.45, 7) is 3.78. The van der Waals surface area contributed by atoms with E-state index >= 15 is 0 Å². The molecule has 0 unspecified atom stereocenters. The lowest BCUT2D eigenvalue weighted by Gasteiger charge is -1.97. The van der Waals surface area contributed by atoms with Crippen LogP contribution in [0.1, 0.15) is 21.5 Å². The number of esters is 1. The molecule has 0 atom stereocenters. The highest BCUT2D eigenvalue weighted by atomic mass is 32.1. The fourth-order valence-corrected chi connectivity index (χ4v) is 1.65. The van der Waals surface area contributed by atoms with Crippen LogP contribution in [0.5, 0.6) is 0 Å². The Morgan fingerprint density at radius 3 is 2.62 bits per heavy atom. The van der Waals surface area contributed by atoms with Crippen LogP contribution in [0, 0.1) is 6.92 Å². The van der Waals surface area contributed by atoms with Crippen LogP contribution in [0.15, 0.2) is 12.1 Å². The molecule has 0 radical (unpaired) electrons. The van der Waals surface area contributed by atoms with Gasteiger partial charge in [-0.05, 0) is 26.0 Å². The van der Waals surface area contributed by atoms with E-state index in [4.69, 9.17) is 0 Å². The zero-order chi connectivity index (χ0) is 9.84. The van der Waals surface area contributed by atoms with E-state index in [1.165, 1.54) is 11.3 Å². The first-order valence-electron chi connectivity index (χ1n) is 3.93. The second-order valence-corrected chi connectivity index (χ2v) is 3.75. The lowest BCUT2D eigenvalue weighted by molar-refractivity contribution is -0.137. The van der Waals surface area contributed by atoms with Crippen molar-refractivity contribution in [1.82, 2.24) is 0 Å². The van der Waals surface area contributed by atoms with Gasteiger partial charge in [-0.25, -0.2) is 4.79 Å². The Kier molecular flexibility index (Phi) is 3.19. The molecular weight excluding hydrogens is 188 g/mol. The average Bonchev–Trinajstić information content (AvgIpc) is 2.51. The van der Waals surface area contributed by atoms with Crippen LogP contribution in [0.25, 0.3) is 0 Å². The predicted molar refractivity (Wildman–Crippen MR) is 50.0 cm³/mol. The number of rotatable bonds is 3. The predicted octanol–water partition coefficient (Wildman–Crippen LogP) is 1.80. The minimum atomic E-state index is -0.774. The largest absolute Gasteiger partial charge is 0.460 e. The fourth-order valence-electron chi connectivity index (χ4n) is 0.854. The molecule has 1 heterocycles. The molecule has 70 valence electrons. The van der Waals surface area contributed by atoms with Gasteiger partial charge < -0.3 is 4.74 Å². The van der Waals surface area contributed by atoms with Crippen molar-refractivity contribution in [2.45, 2.75) is 13.8 Å². The van der Waals surface area contributed by atoms with Gasteiger partial charge in [0.05, 0.1) is 11.5 Å². The third kappa shape index (κ3) is 2.39. The summed E-state index contributed by atoms with van der Waals surface area (Å²) in [5.41, 5.74) is 0. The zero-order valence-electron chi connectivity index (χ0n) is 7.49. The van der Waals surface area contributed by atoms with Gasteiger partial charge in [-0.3, -0.25) is 4.79 Å². The van der Waals surface area contributed by atoms with Crippen LogP contribution in [-0.4, -0.2) is 18.4 Å². The number of ether oxygens (including phenoxy) is 1. The second kappa shape index (κ2) is 4.18. The maximum absolute atomic E-state index is 11.3. The number of hydrogen-bond donors (Lipinski definition) is 0. The molecule has 0 bridgehead atoms. The number of Topliss-reactive ketones (excluding diaryl/α,β-unsaturated/α-hetero) is 1. The van der Waals surface area contributed by atoms with Crippen molar-refractivity contribution in [2.75, 3.05) is 6.61 Å². The highest BCUT2D eigenvalue weighted by Gasteiger charge is 2.18. The van der Waals surface area contributed by atoms with Crippen molar-refractivity contribution in [1.29, 1.82) is 0 Å². The van der Waals surface area contributed by atoms with E-state index in [0.29, 0.717) is 4.88 Å². The van der Waals surface area contributed by atoms with Gasteiger partial charge in [0.2, 0.25) is 0 Å². The van der Waals surface area contributed by atoms with E-state index in [0.717, 1.165) is 4.88 Å². The minimum Gasteiger partial charge on any atom is -0.460 e. The van der Waals surface area contributed by atoms with Crippen molar-refractivity contribution < 1.29 is 14.3 Å². The van der Waals surface area contributed by atoms with Gasteiger partial charge in [0.25, 0.3) is 5.78 Å². The van der Waals surface area contributed by atoms with E-state index in [1.807, 2.05) is 6.92 Å². The number of ketones is 1. The summed E-state index contributed by atoms with van der Waals surface area (Å²) in [6.07, 6.45) is 0. The van der Waals surface area contributed by atoms with Crippen LogP contribution in [0.3, 0.4) is 0 Å². The van der Waals surface area contributed by atoms with E-state index in [2.05, 4.69) is 4.74 Å². The van der Waals surface area contributed by atoms with Gasteiger partial charge in [0, 0.05) is 4.88 Å². The van der Waals surface area contributed by atoms with Gasteiger partial charge in [-0.15, -0.1) is 11.3 Å². The summed E-state index contributed by atoms with van der Waals surface area (Å²) >= 11 is 1.30. The smallest absolute Gasteiger partial charge is 0.380 e. The molecule has 0 amide bonds. The lowest BCUT2D eigenvalue weighted by atomic mass is 10.3. The SMILES string of the molecule is CCOC(=O)C(=O)c1ccc(C)s1. The van der Waals surface area contributed by atoms with Gasteiger partial charge in [0.1, 0.15) is 0 Å². The lowest BCUT2D eigenvalue weighted by Crippen LogP contribution is -2.16. The van der Waals surface area contributed by atoms with Crippen LogP contribution < -0.4 is 0 Å². The Morgan fingerprint density at radius 2 is 2.15 bits per heavy atom. The molecule has 0 aliphatic rings. The Hall–Kier alpha value is -1.16. The Balaban J connectivity index is 2.73. The topological polar surface area (TPSA) is 43.4 Å². The number of aryl methyl sites for hydroxylation is 1. The molecule has 0 saturated heterocycles. The van der Waals surface area contributed by atoms with Crippen molar-refractivity contribution >= 4 is 23.1 Å². The van der Waals surface area contributed by atoms with Crippen LogP contribution in [0.4, 0.5) is 0 Å². The Labute approximate surface area is 80.3 Å². The van der Waals surface area contributed by atoms with Crippen LogP contribution >= 0.6 is 11.3 Å². The van der Waals surface area contributed by atoms with Crippen molar-refractivity contribution in [2.24, 2.45) is 0 Å². The molecule has 3 nitrogen and oxygen atoms in total. The highest BCUT2D eigenvalue weighted by Crippen LogP contribution is 2.15. The van der Waals surface area contributed by atoms with Gasteiger partial charge in [-0.1, -0.05) is 0 Å². The Morgan fingerprint density at radius 1 is 1.46 bits per heavy atom. The number of hydrogen-bond acceptors (Lipinski definition) is 4. The first-order chi connectivity index (χ1) is 6.15. The van der Waals surface area contributed by atoms with Crippen LogP contribution in [-0.2, 0) is 9.53 Å². The summed E-state index contributed by atoms with van der Waals surface area (Å²) in [7, 11) is 0. The van der Waals surface area contributed by atoms with E-state index in [1.54, 1.807) is 19.1 Å². The zero-order valence-corrected chi connectivity index (χ0v) is 8.31. The van der Waals surface area contributed by atoms with E-state index in [9.17, 15) is 9.59 Å². The van der Waals surface area contributed by atoms with Crippen LogP contribution in [0.2, 0.25) is 0 Å². The van der Waals surface area contributed by atoms with Crippen molar-refractivity contribution in [3.05, 3.63) is 21.9 Å². The molecular formula is C9H10O3S. The molecule has 1 rings (SSSR count). The molecule has 0 aliphatic carbocycles. The molecule has 0 aromatic carbocycles. The summed E-state index contributed by atoms with van der Waals surface area (Å²) < 4.78 is 4.59. The normalized spacial score (nSPS) is 9.69. The molecule has 0 aliphatic heterocycles. The Bertz CT molecular complexity index is 327. The summed E-state index contributed by atoms with van der Waals surface area (Å²) in [4.78, 5) is 23.7. The molecule has 0 saturated carbocycles. The van der Waals surface area contributed by atoms with Crippen molar-refractivity contribution in [3.8, 4) is 0 Å². The van der Waals surface area contributed by atoms with Gasteiger partial charge in [0.15, 0.2) is 0 Å². The number of carbonyl (C=O) groups excluding carboxylic acids is 2. The monoisotopic (exact) mass is 198 g/mol. The number of thiophene rings is 1. The molecule has 1 aromatic rings. The van der Waals surface area contributed by atoms with Gasteiger partial charge in [-0.2, -0.15) is 0 Å². The highest BCUT2D eigenvalue weighted by molar-refractivity contribution is 7.14. The maximum atomic E-state index is 11.3. The van der Waals surface area contributed by atoms with E-state index < -0.39 is 11.8 Å². The summed E-state index contributed by atoms with van der Waals surface area (Å²) in [5, 5.41) is 0. The fraction of sp³-hybridized carbons (Fsp3) is 0.333. The molecule has 4 heteroatoms. The molecule has 0 spiro atoms. The molecule has 0 fully saturated rings. The molecule has 13 heavy (non-hydrogen) atoms. The molecule has 1 aromatic heterocycles. The average molecular weight is 198 g/mol. The van der Waals surface area contributed by atoms with E-state index in [-0.39, 0.29) is 6.61 Å². The third-order valence-electron chi connectivity index (χ3n) is 1.42. The first-order valence-corrected chi connectivity index (χ1v) is 4.74. The maximum Gasteiger partial charge on any atom is 0.380 e. The van der Waals surface area contributed by atoms with Crippen molar-refractivity contribution in [3.63, 3.8) is 0 Å². The summed E-state index contributed by atoms with van der Waals surface area (Å²) in [5.74, 6) is -1.33. The first kappa shape index (κ1) is 9.92. The second-order valence-electron chi connectivity index (χ2n) is 2.46. The van der Waals surface area contributed by atoms with Gasteiger partial charge >= 0.3 is 5.97 Å². The quantitative estimate of drug-likeness (QED) is 0.422. The summed E-state index contributed by atoms with van der Waals surface area (Å²) in [6, 6.07) is 3.44. The minimum absolute atomic E-state index is 0.231. The third-order valence-corrected chi connectivity index (χ3v) is 2.42.